The van der Waals surface area contributed by atoms with Gasteiger partial charge in [0.1, 0.15) is 54.6 Å². The van der Waals surface area contributed by atoms with Gasteiger partial charge in [0.25, 0.3) is 0 Å². The summed E-state index contributed by atoms with van der Waals surface area (Å²) >= 11 is 0. The van der Waals surface area contributed by atoms with E-state index in [1.54, 1.807) is 49.4 Å². The van der Waals surface area contributed by atoms with E-state index >= 15 is 0 Å². The highest BCUT2D eigenvalue weighted by atomic mass is 31.2. The maximum Gasteiger partial charge on any atom is 0.459 e. The monoisotopic (exact) mass is 642 g/mol. The Balaban J connectivity index is 1.39. The van der Waals surface area contributed by atoms with Gasteiger partial charge in [-0.3, -0.25) is 14.1 Å². The lowest BCUT2D eigenvalue weighted by Crippen LogP contribution is -2.45. The van der Waals surface area contributed by atoms with Crippen molar-refractivity contribution in [2.45, 2.75) is 69.5 Å². The fourth-order valence-corrected chi connectivity index (χ4v) is 6.57. The number of nitrogens with two attached hydrogens (primary N) is 1. The first-order valence-corrected chi connectivity index (χ1v) is 16.1. The summed E-state index contributed by atoms with van der Waals surface area (Å²) in [6, 6.07) is 12.6. The Kier molecular flexibility index (Phi) is 10.0. The van der Waals surface area contributed by atoms with Gasteiger partial charge in [-0.1, -0.05) is 25.1 Å². The Morgan fingerprint density at radius 3 is 2.69 bits per heavy atom. The molecule has 2 aliphatic heterocycles. The first-order valence-electron chi connectivity index (χ1n) is 14.6. The minimum absolute atomic E-state index is 0.0469. The lowest BCUT2D eigenvalue weighted by molar-refractivity contribution is -0.158. The first-order chi connectivity index (χ1) is 21.6. The molecule has 2 fully saturated rings. The molecule has 0 saturated carbocycles. The molecule has 16 heteroatoms. The van der Waals surface area contributed by atoms with Gasteiger partial charge in [0.2, 0.25) is 5.60 Å². The van der Waals surface area contributed by atoms with E-state index in [-0.39, 0.29) is 30.5 Å². The minimum Gasteiger partial charge on any atom is -0.461 e. The highest BCUT2D eigenvalue weighted by molar-refractivity contribution is 7.52. The van der Waals surface area contributed by atoms with Crippen LogP contribution in [0.2, 0.25) is 0 Å². The number of carbonyl (C=O) groups is 2. The molecule has 0 radical (unpaired) electrons. The van der Waals surface area contributed by atoms with Gasteiger partial charge in [-0.2, -0.15) is 15.4 Å². The van der Waals surface area contributed by atoms with Crippen LogP contribution in [0.4, 0.5) is 5.82 Å². The van der Waals surface area contributed by atoms with E-state index in [0.29, 0.717) is 37.3 Å². The average molecular weight is 643 g/mol. The maximum absolute atomic E-state index is 14.2. The van der Waals surface area contributed by atoms with Crippen LogP contribution in [0.15, 0.2) is 48.8 Å². The zero-order valence-corrected chi connectivity index (χ0v) is 25.8. The zero-order chi connectivity index (χ0) is 32.0. The molecular weight excluding hydrogens is 607 g/mol. The molecule has 1 aromatic carbocycles. The Hall–Kier alpha value is -4.06. The summed E-state index contributed by atoms with van der Waals surface area (Å²) in [6.45, 7) is 3.37. The third-order valence-corrected chi connectivity index (χ3v) is 9.09. The summed E-state index contributed by atoms with van der Waals surface area (Å²) in [5.74, 6) is -0.805. The maximum atomic E-state index is 14.2. The van der Waals surface area contributed by atoms with Crippen LogP contribution < -0.4 is 15.3 Å². The van der Waals surface area contributed by atoms with Crippen LogP contribution in [0.25, 0.3) is 5.52 Å². The minimum atomic E-state index is -4.40. The van der Waals surface area contributed by atoms with Crippen molar-refractivity contribution in [3.05, 3.63) is 54.5 Å². The third-order valence-electron chi connectivity index (χ3n) is 7.47. The Morgan fingerprint density at radius 1 is 1.22 bits per heavy atom. The summed E-state index contributed by atoms with van der Waals surface area (Å²) in [5.41, 5.74) is 5.12. The molecule has 0 bridgehead atoms. The highest BCUT2D eigenvalue weighted by Crippen LogP contribution is 2.49. The third kappa shape index (κ3) is 7.43. The van der Waals surface area contributed by atoms with Crippen LogP contribution in [0.1, 0.15) is 51.3 Å². The zero-order valence-electron chi connectivity index (χ0n) is 24.9. The smallest absolute Gasteiger partial charge is 0.459 e. The second-order valence-corrected chi connectivity index (χ2v) is 12.3. The van der Waals surface area contributed by atoms with Crippen molar-refractivity contribution in [2.24, 2.45) is 0 Å². The molecular formula is C29H35N6O9P. The van der Waals surface area contributed by atoms with Gasteiger partial charge in [-0.05, 0) is 31.2 Å². The average Bonchev–Trinajstić information content (AvgIpc) is 3.63. The summed E-state index contributed by atoms with van der Waals surface area (Å²) in [4.78, 5) is 29.3. The normalized spacial score (nSPS) is 23.9. The molecule has 2 aromatic heterocycles. The second-order valence-electron chi connectivity index (χ2n) is 10.7. The lowest BCUT2D eigenvalue weighted by Gasteiger charge is -2.30. The molecule has 45 heavy (non-hydrogen) atoms. The number of para-hydroxylation sites is 1. The number of nitrogens with zero attached hydrogens (tertiary/aromatic N) is 4. The quantitative estimate of drug-likeness (QED) is 0.215. The van der Waals surface area contributed by atoms with Crippen molar-refractivity contribution >= 4 is 31.0 Å². The number of aromatic nitrogens is 3. The number of carbonyl (C=O) groups excluding carboxylic acids is 2. The number of anilines is 1. The van der Waals surface area contributed by atoms with E-state index in [9.17, 15) is 19.4 Å². The first kappa shape index (κ1) is 32.3. The predicted molar refractivity (Wildman–Crippen MR) is 158 cm³/mol. The number of esters is 2. The predicted octanol–water partition coefficient (Wildman–Crippen LogP) is 3.26. The molecule has 0 amide bonds. The Bertz CT molecular complexity index is 1590. The van der Waals surface area contributed by atoms with Gasteiger partial charge in [-0.25, -0.2) is 14.1 Å². The highest BCUT2D eigenvalue weighted by Gasteiger charge is 2.54. The van der Waals surface area contributed by atoms with Crippen molar-refractivity contribution in [1.82, 2.24) is 19.7 Å². The van der Waals surface area contributed by atoms with Gasteiger partial charge in [0.15, 0.2) is 5.82 Å². The number of hydrogen-bond acceptors (Lipinski definition) is 13. The molecule has 0 aliphatic carbocycles. The number of rotatable bonds is 12. The number of fused-ring (bicyclic) bond motifs is 1. The van der Waals surface area contributed by atoms with Gasteiger partial charge < -0.3 is 29.2 Å². The Morgan fingerprint density at radius 2 is 1.98 bits per heavy atom. The van der Waals surface area contributed by atoms with E-state index in [1.807, 2.05) is 0 Å². The fourth-order valence-electron chi connectivity index (χ4n) is 5.04. The summed E-state index contributed by atoms with van der Waals surface area (Å²) < 4.78 is 50.1. The molecule has 15 nitrogen and oxygen atoms in total. The van der Waals surface area contributed by atoms with Gasteiger partial charge in [-0.15, -0.1) is 0 Å². The Labute approximate surface area is 259 Å². The van der Waals surface area contributed by atoms with E-state index in [4.69, 9.17) is 33.7 Å². The molecule has 240 valence electrons. The number of nitrogens with one attached hydrogen (secondary N) is 1. The lowest BCUT2D eigenvalue weighted by atomic mass is 9.98. The molecule has 5 rings (SSSR count). The van der Waals surface area contributed by atoms with Crippen LogP contribution in [-0.2, 0) is 37.6 Å². The van der Waals surface area contributed by atoms with E-state index in [1.165, 1.54) is 17.8 Å². The van der Waals surface area contributed by atoms with Crippen LogP contribution in [0, 0.1) is 11.3 Å². The summed E-state index contributed by atoms with van der Waals surface area (Å²) in [5, 5.41) is 17.3. The van der Waals surface area contributed by atoms with Crippen molar-refractivity contribution in [2.75, 3.05) is 25.6 Å². The summed E-state index contributed by atoms with van der Waals surface area (Å²) in [7, 11) is -4.40. The number of hydrogen-bond donors (Lipinski definition) is 2. The van der Waals surface area contributed by atoms with Crippen LogP contribution in [0.3, 0.4) is 0 Å². The van der Waals surface area contributed by atoms with Gasteiger partial charge in [0.05, 0.1) is 18.9 Å². The van der Waals surface area contributed by atoms with E-state index in [2.05, 4.69) is 21.2 Å². The van der Waals surface area contributed by atoms with Crippen molar-refractivity contribution < 1.29 is 42.1 Å². The summed E-state index contributed by atoms with van der Waals surface area (Å²) in [6.07, 6.45) is 0.230. The molecule has 3 aromatic rings. The van der Waals surface area contributed by atoms with E-state index in [0.717, 1.165) is 0 Å². The number of ether oxygens (including phenoxy) is 4. The number of nitriles is 1. The topological polar surface area (TPSA) is 199 Å². The van der Waals surface area contributed by atoms with Crippen LogP contribution >= 0.6 is 7.75 Å². The molecule has 0 spiro atoms. The largest absolute Gasteiger partial charge is 0.461 e. The molecule has 1 unspecified atom stereocenters. The molecule has 2 saturated heterocycles. The fraction of sp³-hybridized carbons (Fsp3) is 0.483. The molecule has 3 N–H and O–H groups in total. The number of nitrogen functional groups attached to an aromatic ring is 1. The van der Waals surface area contributed by atoms with Crippen LogP contribution in [-0.4, -0.2) is 70.2 Å². The molecule has 5 atom stereocenters. The number of benzene rings is 1. The van der Waals surface area contributed by atoms with Crippen molar-refractivity contribution in [3.8, 4) is 11.8 Å². The SMILES string of the molecule is CCC(=O)O[C@H]1C[C@H](c2ccc3c(N)ncnn23)O[C@]1(C#N)COP(=O)(N[C@@H](C)C(=O)OC1CCOCC1)Oc1ccccc1. The van der Waals surface area contributed by atoms with Gasteiger partial charge in [0, 0.05) is 25.7 Å². The van der Waals surface area contributed by atoms with Crippen molar-refractivity contribution in [3.63, 3.8) is 0 Å². The van der Waals surface area contributed by atoms with Gasteiger partial charge >= 0.3 is 19.7 Å². The van der Waals surface area contributed by atoms with E-state index < -0.39 is 50.1 Å². The second kappa shape index (κ2) is 13.9. The van der Waals surface area contributed by atoms with Crippen molar-refractivity contribution in [1.29, 1.82) is 5.26 Å². The molecule has 4 heterocycles. The standard InChI is InChI=1S/C29H35N6O9P/c1-3-26(36)42-25-15-24(22-9-10-23-27(31)32-18-33-35(22)23)43-29(25,16-30)17-40-45(38,44-21-7-5-4-6-8-21)34-19(2)28(37)41-20-11-13-39-14-12-20/h4-10,18-20,24-25H,3,11-15,17H2,1-2H3,(H,34,38)(H2,31,32,33)/t19-,24+,25-,29+,45?/m0/s1. The van der Waals surface area contributed by atoms with Crippen LogP contribution in [0.5, 0.6) is 5.75 Å². The molecule has 2 aliphatic rings.